The van der Waals surface area contributed by atoms with E-state index in [-0.39, 0.29) is 17.4 Å². The van der Waals surface area contributed by atoms with Gasteiger partial charge in [-0.3, -0.25) is 9.69 Å². The molecule has 4 aliphatic heterocycles. The molecule has 0 aromatic heterocycles. The number of nitrogens with zero attached hydrogens (tertiary/aromatic N) is 6. The molecule has 1 unspecified atom stereocenters. The summed E-state index contributed by atoms with van der Waals surface area (Å²) in [5.74, 6) is 0.688. The molecule has 0 radical (unpaired) electrons. The van der Waals surface area contributed by atoms with Crippen molar-refractivity contribution in [3.63, 3.8) is 0 Å². The van der Waals surface area contributed by atoms with Gasteiger partial charge in [0.15, 0.2) is 0 Å². The Labute approximate surface area is 291 Å². The van der Waals surface area contributed by atoms with E-state index in [0.717, 1.165) is 109 Å². The number of ether oxygens (including phenoxy) is 1. The number of piperazine rings is 1. The van der Waals surface area contributed by atoms with Gasteiger partial charge in [-0.05, 0) is 114 Å². The van der Waals surface area contributed by atoms with Gasteiger partial charge in [0.25, 0.3) is 5.91 Å². The first-order chi connectivity index (χ1) is 22.9. The van der Waals surface area contributed by atoms with Gasteiger partial charge < -0.3 is 24.3 Å². The van der Waals surface area contributed by atoms with Gasteiger partial charge in [0.2, 0.25) is 0 Å². The molecule has 0 N–H and O–H groups in total. The van der Waals surface area contributed by atoms with Gasteiger partial charge in [-0.25, -0.2) is 4.79 Å². The van der Waals surface area contributed by atoms with E-state index in [4.69, 9.17) is 16.3 Å². The highest BCUT2D eigenvalue weighted by atomic mass is 35.5. The van der Waals surface area contributed by atoms with E-state index in [2.05, 4.69) is 39.8 Å². The van der Waals surface area contributed by atoms with Crippen LogP contribution in [0.5, 0.6) is 0 Å². The highest BCUT2D eigenvalue weighted by molar-refractivity contribution is 6.32. The first kappa shape index (κ1) is 34.4. The molecular weight excluding hydrogens is 624 g/mol. The topological polar surface area (TPSA) is 83.4 Å². The molecule has 0 saturated carbocycles. The maximum absolute atomic E-state index is 13.4. The molecular formula is C38H51ClN6O3. The molecule has 258 valence electrons. The fourth-order valence-corrected chi connectivity index (χ4v) is 8.42. The molecule has 4 aliphatic rings. The van der Waals surface area contributed by atoms with E-state index in [1.165, 1.54) is 5.69 Å². The van der Waals surface area contributed by atoms with E-state index in [1.54, 1.807) is 0 Å². The summed E-state index contributed by atoms with van der Waals surface area (Å²) in [7, 11) is 0. The molecule has 2 aromatic carbocycles. The van der Waals surface area contributed by atoms with Crippen molar-refractivity contribution < 1.29 is 14.3 Å². The third-order valence-corrected chi connectivity index (χ3v) is 11.6. The van der Waals surface area contributed by atoms with E-state index >= 15 is 0 Å². The zero-order valence-corrected chi connectivity index (χ0v) is 29.8. The highest BCUT2D eigenvalue weighted by Gasteiger charge is 2.46. The Hall–Kier alpha value is -3.48. The number of halogens is 1. The number of benzene rings is 2. The number of likely N-dealkylation sites (tertiary alicyclic amines) is 1. The third-order valence-electron chi connectivity index (χ3n) is 11.3. The van der Waals surface area contributed by atoms with Crippen LogP contribution in [-0.2, 0) is 4.74 Å². The lowest BCUT2D eigenvalue weighted by atomic mass is 9.73. The highest BCUT2D eigenvalue weighted by Crippen LogP contribution is 2.47. The fourth-order valence-electron chi connectivity index (χ4n) is 8.20. The fraction of sp³-hybridized carbons (Fsp3) is 0.605. The van der Waals surface area contributed by atoms with Gasteiger partial charge in [-0.15, -0.1) is 0 Å². The number of nitriles is 1. The van der Waals surface area contributed by atoms with Crippen LogP contribution in [0.3, 0.4) is 0 Å². The molecule has 4 saturated heterocycles. The van der Waals surface area contributed by atoms with Crippen molar-refractivity contribution in [2.24, 2.45) is 11.3 Å². The monoisotopic (exact) mass is 674 g/mol. The van der Waals surface area contributed by atoms with Gasteiger partial charge in [0.05, 0.1) is 10.6 Å². The van der Waals surface area contributed by atoms with E-state index in [1.807, 2.05) is 60.9 Å². The van der Waals surface area contributed by atoms with Crippen molar-refractivity contribution in [2.75, 3.05) is 75.2 Å². The predicted molar refractivity (Wildman–Crippen MR) is 191 cm³/mol. The van der Waals surface area contributed by atoms with Gasteiger partial charge >= 0.3 is 6.09 Å². The lowest BCUT2D eigenvalue weighted by molar-refractivity contribution is 0.0161. The minimum Gasteiger partial charge on any atom is -0.444 e. The minimum atomic E-state index is -0.464. The van der Waals surface area contributed by atoms with Gasteiger partial charge in [0.1, 0.15) is 11.7 Å². The lowest BCUT2D eigenvalue weighted by Crippen LogP contribution is -2.51. The van der Waals surface area contributed by atoms with Crippen LogP contribution in [0, 0.1) is 22.7 Å². The Kier molecular flexibility index (Phi) is 10.1. The van der Waals surface area contributed by atoms with E-state index in [0.29, 0.717) is 22.5 Å². The Morgan fingerprint density at radius 2 is 1.50 bits per heavy atom. The van der Waals surface area contributed by atoms with Crippen molar-refractivity contribution in [3.8, 4) is 6.07 Å². The normalized spacial score (nSPS) is 22.2. The summed E-state index contributed by atoms with van der Waals surface area (Å²) >= 11 is 6.36. The largest absolute Gasteiger partial charge is 0.444 e. The number of anilines is 2. The summed E-state index contributed by atoms with van der Waals surface area (Å²) in [6.07, 6.45) is 5.20. The van der Waals surface area contributed by atoms with Crippen LogP contribution in [0.1, 0.15) is 75.7 Å². The Morgan fingerprint density at radius 1 is 0.875 bits per heavy atom. The average Bonchev–Trinajstić information content (AvgIpc) is 3.39. The van der Waals surface area contributed by atoms with Gasteiger partial charge in [0, 0.05) is 88.4 Å². The standard InChI is InChI=1S/C38H51ClN6O3/c1-28-38(15-20-45(28)33-10-7-31(26-40)34(39)25-33)13-18-42(19-14-38)32-8-5-30(6-9-32)35(46)43-23-21-41(22-24-43)27-29-11-16-44(17-12-29)36(47)48-37(2,3)4/h5-10,25,28-29H,11-24,27H2,1-4H3. The maximum Gasteiger partial charge on any atom is 0.410 e. The Balaban J connectivity index is 0.943. The summed E-state index contributed by atoms with van der Waals surface area (Å²) < 4.78 is 5.54. The van der Waals surface area contributed by atoms with Crippen LogP contribution in [0.15, 0.2) is 42.5 Å². The number of carbonyl (C=O) groups excluding carboxylic acids is 2. The molecule has 6 rings (SSSR count). The third kappa shape index (κ3) is 7.55. The maximum atomic E-state index is 13.4. The average molecular weight is 675 g/mol. The van der Waals surface area contributed by atoms with Crippen LogP contribution >= 0.6 is 11.6 Å². The van der Waals surface area contributed by atoms with Crippen LogP contribution in [-0.4, -0.2) is 104 Å². The van der Waals surface area contributed by atoms with Crippen LogP contribution in [0.4, 0.5) is 16.2 Å². The zero-order chi connectivity index (χ0) is 34.1. The Morgan fingerprint density at radius 3 is 2.10 bits per heavy atom. The molecule has 4 fully saturated rings. The second-order valence-corrected chi connectivity index (χ2v) is 15.7. The lowest BCUT2D eigenvalue weighted by Gasteiger charge is -2.44. The SMILES string of the molecule is CC1N(c2ccc(C#N)c(Cl)c2)CCC12CCN(c1ccc(C(=O)N3CCN(CC4CCN(C(=O)OC(C)(C)C)CC4)CC3)cc1)CC2. The van der Waals surface area contributed by atoms with Crippen molar-refractivity contribution >= 4 is 35.0 Å². The molecule has 2 aromatic rings. The molecule has 48 heavy (non-hydrogen) atoms. The van der Waals surface area contributed by atoms with Gasteiger partial charge in [-0.2, -0.15) is 5.26 Å². The summed E-state index contributed by atoms with van der Waals surface area (Å²) in [5.41, 5.74) is 3.37. The summed E-state index contributed by atoms with van der Waals surface area (Å²) in [6.45, 7) is 16.9. The summed E-state index contributed by atoms with van der Waals surface area (Å²) in [5, 5.41) is 9.78. The van der Waals surface area contributed by atoms with E-state index < -0.39 is 5.60 Å². The van der Waals surface area contributed by atoms with Crippen molar-refractivity contribution in [1.29, 1.82) is 5.26 Å². The number of rotatable bonds is 5. The second-order valence-electron chi connectivity index (χ2n) is 15.3. The van der Waals surface area contributed by atoms with Crippen molar-refractivity contribution in [3.05, 3.63) is 58.6 Å². The minimum absolute atomic E-state index is 0.118. The molecule has 0 bridgehead atoms. The van der Waals surface area contributed by atoms with Crippen LogP contribution in [0.2, 0.25) is 5.02 Å². The molecule has 4 heterocycles. The summed E-state index contributed by atoms with van der Waals surface area (Å²) in [4.78, 5) is 37.0. The van der Waals surface area contributed by atoms with Crippen LogP contribution < -0.4 is 9.80 Å². The molecule has 1 spiro atoms. The molecule has 1 atom stereocenters. The molecule has 10 heteroatoms. The zero-order valence-electron chi connectivity index (χ0n) is 29.1. The van der Waals surface area contributed by atoms with E-state index in [9.17, 15) is 14.9 Å². The predicted octanol–water partition coefficient (Wildman–Crippen LogP) is 6.50. The first-order valence-corrected chi connectivity index (χ1v) is 18.1. The van der Waals surface area contributed by atoms with Crippen molar-refractivity contribution in [1.82, 2.24) is 14.7 Å². The Bertz CT molecular complexity index is 1490. The van der Waals surface area contributed by atoms with Crippen LogP contribution in [0.25, 0.3) is 0 Å². The first-order valence-electron chi connectivity index (χ1n) is 17.8. The molecule has 9 nitrogen and oxygen atoms in total. The quantitative estimate of drug-likeness (QED) is 0.358. The number of hydrogen-bond donors (Lipinski definition) is 0. The second kappa shape index (κ2) is 14.2. The number of hydrogen-bond acceptors (Lipinski definition) is 7. The molecule has 0 aliphatic carbocycles. The van der Waals surface area contributed by atoms with Gasteiger partial charge in [-0.1, -0.05) is 11.6 Å². The number of piperidine rings is 2. The smallest absolute Gasteiger partial charge is 0.410 e. The van der Waals surface area contributed by atoms with Crippen molar-refractivity contribution in [2.45, 2.75) is 71.4 Å². The molecule has 2 amide bonds. The summed E-state index contributed by atoms with van der Waals surface area (Å²) in [6, 6.07) is 16.6. The number of amides is 2. The number of carbonyl (C=O) groups is 2.